The average Bonchev–Trinajstić information content (AvgIpc) is 2.65. The normalized spacial score (nSPS) is 11.8. The average molecular weight is 258 g/mol. The molecule has 1 N–H and O–H groups in total. The molecule has 0 saturated heterocycles. The Morgan fingerprint density at radius 3 is 2.58 bits per heavy atom. The Labute approximate surface area is 114 Å². The molecule has 2 aromatic rings. The van der Waals surface area contributed by atoms with Gasteiger partial charge in [0.25, 0.3) is 0 Å². The molecule has 4 heteroatoms. The van der Waals surface area contributed by atoms with Crippen molar-refractivity contribution in [2.75, 3.05) is 0 Å². The Balaban J connectivity index is 2.34. The van der Waals surface area contributed by atoms with Crippen LogP contribution in [0.1, 0.15) is 37.7 Å². The molecule has 0 radical (unpaired) electrons. The zero-order chi connectivity index (χ0) is 14.0. The molecule has 0 aromatic carbocycles. The van der Waals surface area contributed by atoms with Crippen molar-refractivity contribution in [1.82, 2.24) is 20.1 Å². The number of aryl methyl sites for hydroxylation is 2. The Kier molecular flexibility index (Phi) is 3.71. The SMILES string of the molecule is Cc1cc(C)n(-c2cnccc2CNC(C)(C)C)n1. The highest BCUT2D eigenvalue weighted by Gasteiger charge is 2.12. The maximum Gasteiger partial charge on any atom is 0.0876 e. The molecule has 0 bridgehead atoms. The fourth-order valence-electron chi connectivity index (χ4n) is 1.99. The Bertz CT molecular complexity index is 564. The molecule has 2 heterocycles. The van der Waals surface area contributed by atoms with Gasteiger partial charge in [-0.3, -0.25) is 4.98 Å². The minimum absolute atomic E-state index is 0.0929. The van der Waals surface area contributed by atoms with Crippen molar-refractivity contribution in [3.05, 3.63) is 41.5 Å². The molecule has 0 amide bonds. The molecule has 0 atom stereocenters. The Morgan fingerprint density at radius 2 is 2.00 bits per heavy atom. The Morgan fingerprint density at radius 1 is 1.26 bits per heavy atom. The van der Waals surface area contributed by atoms with E-state index < -0.39 is 0 Å². The zero-order valence-electron chi connectivity index (χ0n) is 12.4. The van der Waals surface area contributed by atoms with Crippen LogP contribution in [0.25, 0.3) is 5.69 Å². The van der Waals surface area contributed by atoms with Gasteiger partial charge in [0.2, 0.25) is 0 Å². The van der Waals surface area contributed by atoms with Gasteiger partial charge in [-0.15, -0.1) is 0 Å². The van der Waals surface area contributed by atoms with E-state index in [-0.39, 0.29) is 5.54 Å². The fourth-order valence-corrected chi connectivity index (χ4v) is 1.99. The lowest BCUT2D eigenvalue weighted by molar-refractivity contribution is 0.423. The van der Waals surface area contributed by atoms with Crippen LogP contribution in [0, 0.1) is 13.8 Å². The first-order valence-electron chi connectivity index (χ1n) is 6.58. The van der Waals surface area contributed by atoms with Crippen LogP contribution in [0.4, 0.5) is 0 Å². The first kappa shape index (κ1) is 13.7. The van der Waals surface area contributed by atoms with Crippen molar-refractivity contribution >= 4 is 0 Å². The minimum atomic E-state index is 0.0929. The van der Waals surface area contributed by atoms with Gasteiger partial charge in [-0.25, -0.2) is 4.68 Å². The van der Waals surface area contributed by atoms with Gasteiger partial charge in [0, 0.05) is 24.0 Å². The van der Waals surface area contributed by atoms with Crippen LogP contribution >= 0.6 is 0 Å². The second-order valence-electron chi connectivity index (χ2n) is 5.95. The van der Waals surface area contributed by atoms with E-state index in [1.807, 2.05) is 30.1 Å². The van der Waals surface area contributed by atoms with E-state index in [0.717, 1.165) is 23.6 Å². The summed E-state index contributed by atoms with van der Waals surface area (Å²) in [6.07, 6.45) is 3.70. The molecule has 2 aromatic heterocycles. The van der Waals surface area contributed by atoms with Gasteiger partial charge < -0.3 is 5.32 Å². The molecular weight excluding hydrogens is 236 g/mol. The van der Waals surface area contributed by atoms with Gasteiger partial charge in [-0.1, -0.05) is 0 Å². The van der Waals surface area contributed by atoms with E-state index in [1.54, 1.807) is 0 Å². The topological polar surface area (TPSA) is 42.7 Å². The smallest absolute Gasteiger partial charge is 0.0876 e. The molecule has 4 nitrogen and oxygen atoms in total. The number of aromatic nitrogens is 3. The molecule has 0 aliphatic rings. The van der Waals surface area contributed by atoms with Crippen LogP contribution in [0.2, 0.25) is 0 Å². The van der Waals surface area contributed by atoms with E-state index in [2.05, 4.69) is 49.2 Å². The maximum atomic E-state index is 4.53. The highest BCUT2D eigenvalue weighted by atomic mass is 15.3. The van der Waals surface area contributed by atoms with E-state index in [9.17, 15) is 0 Å². The lowest BCUT2D eigenvalue weighted by Crippen LogP contribution is -2.35. The van der Waals surface area contributed by atoms with Crippen LogP contribution in [-0.4, -0.2) is 20.3 Å². The van der Waals surface area contributed by atoms with Crippen molar-refractivity contribution in [1.29, 1.82) is 0 Å². The second-order valence-corrected chi connectivity index (χ2v) is 5.95. The quantitative estimate of drug-likeness (QED) is 0.920. The standard InChI is InChI=1S/C15H22N4/c1-11-8-12(2)19(18-11)14-10-16-7-6-13(14)9-17-15(3,4)5/h6-8,10,17H,9H2,1-5H3. The van der Waals surface area contributed by atoms with Crippen molar-refractivity contribution in [2.24, 2.45) is 0 Å². The molecule has 0 spiro atoms. The zero-order valence-corrected chi connectivity index (χ0v) is 12.4. The molecule has 0 unspecified atom stereocenters. The third-order valence-electron chi connectivity index (χ3n) is 2.93. The van der Waals surface area contributed by atoms with Crippen LogP contribution in [-0.2, 0) is 6.54 Å². The van der Waals surface area contributed by atoms with E-state index in [1.165, 1.54) is 5.56 Å². The molecule has 19 heavy (non-hydrogen) atoms. The number of rotatable bonds is 3. The van der Waals surface area contributed by atoms with E-state index in [4.69, 9.17) is 0 Å². The highest BCUT2D eigenvalue weighted by Crippen LogP contribution is 2.16. The summed E-state index contributed by atoms with van der Waals surface area (Å²) in [4.78, 5) is 4.23. The molecule has 2 rings (SSSR count). The van der Waals surface area contributed by atoms with Crippen molar-refractivity contribution in [2.45, 2.75) is 46.7 Å². The molecular formula is C15H22N4. The summed E-state index contributed by atoms with van der Waals surface area (Å²) in [5.74, 6) is 0. The first-order chi connectivity index (χ1) is 8.87. The van der Waals surface area contributed by atoms with Crippen LogP contribution in [0.15, 0.2) is 24.5 Å². The van der Waals surface area contributed by atoms with Crippen LogP contribution in [0.3, 0.4) is 0 Å². The Hall–Kier alpha value is -1.68. The fraction of sp³-hybridized carbons (Fsp3) is 0.467. The highest BCUT2D eigenvalue weighted by molar-refractivity contribution is 5.39. The molecule has 0 fully saturated rings. The molecule has 102 valence electrons. The van der Waals surface area contributed by atoms with Gasteiger partial charge in [0.1, 0.15) is 0 Å². The monoisotopic (exact) mass is 258 g/mol. The number of nitrogens with one attached hydrogen (secondary N) is 1. The van der Waals surface area contributed by atoms with E-state index >= 15 is 0 Å². The third kappa shape index (κ3) is 3.41. The minimum Gasteiger partial charge on any atom is -0.308 e. The number of nitrogens with zero attached hydrogens (tertiary/aromatic N) is 3. The summed E-state index contributed by atoms with van der Waals surface area (Å²) in [6.45, 7) is 11.4. The summed E-state index contributed by atoms with van der Waals surface area (Å²) in [5.41, 5.74) is 4.50. The maximum absolute atomic E-state index is 4.53. The lowest BCUT2D eigenvalue weighted by Gasteiger charge is -2.21. The summed E-state index contributed by atoms with van der Waals surface area (Å²) < 4.78 is 1.96. The van der Waals surface area contributed by atoms with Crippen molar-refractivity contribution < 1.29 is 0 Å². The molecule has 0 aliphatic carbocycles. The summed E-state index contributed by atoms with van der Waals surface area (Å²) >= 11 is 0. The predicted molar refractivity (Wildman–Crippen MR) is 77.4 cm³/mol. The van der Waals surface area contributed by atoms with Gasteiger partial charge in [-0.05, 0) is 52.3 Å². The largest absolute Gasteiger partial charge is 0.308 e. The number of pyridine rings is 1. The molecule has 0 aliphatic heterocycles. The van der Waals surface area contributed by atoms with Crippen LogP contribution in [0.5, 0.6) is 0 Å². The first-order valence-corrected chi connectivity index (χ1v) is 6.58. The molecule has 0 saturated carbocycles. The van der Waals surface area contributed by atoms with Crippen molar-refractivity contribution in [3.63, 3.8) is 0 Å². The summed E-state index contributed by atoms with van der Waals surface area (Å²) in [6, 6.07) is 4.12. The predicted octanol–water partition coefficient (Wildman–Crippen LogP) is 2.77. The summed E-state index contributed by atoms with van der Waals surface area (Å²) in [5, 5.41) is 8.04. The summed E-state index contributed by atoms with van der Waals surface area (Å²) in [7, 11) is 0. The van der Waals surface area contributed by atoms with E-state index in [0.29, 0.717) is 0 Å². The third-order valence-corrected chi connectivity index (χ3v) is 2.93. The second kappa shape index (κ2) is 5.13. The number of hydrogen-bond acceptors (Lipinski definition) is 3. The van der Waals surface area contributed by atoms with Crippen LogP contribution < -0.4 is 5.32 Å². The van der Waals surface area contributed by atoms with Gasteiger partial charge >= 0.3 is 0 Å². The van der Waals surface area contributed by atoms with Gasteiger partial charge in [0.05, 0.1) is 17.6 Å². The van der Waals surface area contributed by atoms with Gasteiger partial charge in [0.15, 0.2) is 0 Å². The lowest BCUT2D eigenvalue weighted by atomic mass is 10.1. The van der Waals surface area contributed by atoms with Gasteiger partial charge in [-0.2, -0.15) is 5.10 Å². The number of hydrogen-bond donors (Lipinski definition) is 1. The van der Waals surface area contributed by atoms with Crippen molar-refractivity contribution in [3.8, 4) is 5.69 Å².